The molecule has 46 heavy (non-hydrogen) atoms. The second-order valence-electron chi connectivity index (χ2n) is 9.74. The molecule has 278 valence electrons. The van der Waals surface area contributed by atoms with Crippen molar-refractivity contribution in [2.45, 2.75) is 108 Å². The molecule has 1 N–H and O–H groups in total. The van der Waals surface area contributed by atoms with Crippen molar-refractivity contribution in [3.63, 3.8) is 0 Å². The third-order valence-corrected chi connectivity index (χ3v) is 5.37. The van der Waals surface area contributed by atoms with Crippen LogP contribution in [0.4, 0.5) is 0 Å². The van der Waals surface area contributed by atoms with Crippen molar-refractivity contribution in [1.29, 1.82) is 0 Å². The number of carboxylic acids is 1. The number of methoxy groups -OCH3 is 4. The quantitative estimate of drug-likeness (QED) is 0.0674. The molecule has 0 fully saturated rings. The summed E-state index contributed by atoms with van der Waals surface area (Å²) in [6.07, 6.45) is 7.03. The topological polar surface area (TPSA) is 161 Å². The van der Waals surface area contributed by atoms with Crippen molar-refractivity contribution in [1.82, 2.24) is 0 Å². The molecule has 0 saturated carbocycles. The standard InChI is InChI=1S/C11H18O5.C10H16O3.C9H20O4.4CH4/c1-9(12)5-3-2-4-8-16-11(15)7-6-10(13)14;1-3-10(12)13-8-6-4-5-7-9(2)11;1-10-5-9(6-11-2,7-12-3)8-13-4;;;;/h2-8H2,1H3,(H,13,14);3H,1,4-8H2,2H3;5-8H2,1-4H3;4*1H4. The molecule has 0 heterocycles. The minimum absolute atomic E-state index is 0. The second-order valence-corrected chi connectivity index (χ2v) is 9.74. The van der Waals surface area contributed by atoms with Gasteiger partial charge in [-0.3, -0.25) is 9.59 Å². The molecule has 0 aliphatic rings. The van der Waals surface area contributed by atoms with E-state index in [0.717, 1.165) is 38.2 Å². The lowest BCUT2D eigenvalue weighted by atomic mass is 9.92. The molecule has 12 nitrogen and oxygen atoms in total. The van der Waals surface area contributed by atoms with Gasteiger partial charge in [-0.1, -0.05) is 36.3 Å². The number of Topliss-reactive ketones (excluding diaryl/α,β-unsaturated/α-hetero) is 2. The zero-order chi connectivity index (χ0) is 32.7. The van der Waals surface area contributed by atoms with Crippen LogP contribution in [0.15, 0.2) is 12.7 Å². The smallest absolute Gasteiger partial charge is 0.330 e. The highest BCUT2D eigenvalue weighted by Crippen LogP contribution is 2.19. The van der Waals surface area contributed by atoms with Gasteiger partial charge >= 0.3 is 17.9 Å². The maximum atomic E-state index is 10.9. The molecule has 0 aliphatic heterocycles. The zero-order valence-corrected chi connectivity index (χ0v) is 26.5. The molecule has 12 heteroatoms. The van der Waals surface area contributed by atoms with Crippen molar-refractivity contribution in [2.75, 3.05) is 68.1 Å². The van der Waals surface area contributed by atoms with Gasteiger partial charge in [-0.05, 0) is 52.4 Å². The Labute approximate surface area is 280 Å². The fourth-order valence-electron chi connectivity index (χ4n) is 3.48. The molecular weight excluding hydrogens is 600 g/mol. The van der Waals surface area contributed by atoms with Gasteiger partial charge < -0.3 is 43.1 Å². The summed E-state index contributed by atoms with van der Waals surface area (Å²) in [6.45, 7) is 9.42. The molecule has 0 saturated heterocycles. The fourth-order valence-corrected chi connectivity index (χ4v) is 3.48. The van der Waals surface area contributed by atoms with Gasteiger partial charge in [0.25, 0.3) is 0 Å². The Kier molecular flexibility index (Phi) is 54.1. The Morgan fingerprint density at radius 1 is 0.587 bits per heavy atom. The lowest BCUT2D eigenvalue weighted by molar-refractivity contribution is -0.147. The molecule has 0 aromatic heterocycles. The molecule has 0 amide bonds. The van der Waals surface area contributed by atoms with Crippen LogP contribution in [0.3, 0.4) is 0 Å². The van der Waals surface area contributed by atoms with Gasteiger partial charge in [-0.2, -0.15) is 0 Å². The van der Waals surface area contributed by atoms with Crippen LogP contribution in [0.5, 0.6) is 0 Å². The van der Waals surface area contributed by atoms with Gasteiger partial charge in [-0.15, -0.1) is 0 Å². The Morgan fingerprint density at radius 3 is 1.26 bits per heavy atom. The zero-order valence-electron chi connectivity index (χ0n) is 26.5. The third kappa shape index (κ3) is 45.8. The van der Waals surface area contributed by atoms with E-state index in [2.05, 4.69) is 6.58 Å². The summed E-state index contributed by atoms with van der Waals surface area (Å²) in [5, 5.41) is 8.32. The second kappa shape index (κ2) is 42.3. The summed E-state index contributed by atoms with van der Waals surface area (Å²) >= 11 is 0. The van der Waals surface area contributed by atoms with Crippen LogP contribution in [0.2, 0.25) is 0 Å². The minimum atomic E-state index is -1.00. The molecule has 0 radical (unpaired) electrons. The maximum Gasteiger partial charge on any atom is 0.330 e. The fraction of sp³-hybridized carbons (Fsp3) is 0.794. The molecule has 0 unspecified atom stereocenters. The Hall–Kier alpha value is -2.67. The lowest BCUT2D eigenvalue weighted by Crippen LogP contribution is -2.40. The number of aliphatic carboxylic acids is 1. The first-order valence-electron chi connectivity index (χ1n) is 14.0. The highest BCUT2D eigenvalue weighted by molar-refractivity contribution is 5.81. The Bertz CT molecular complexity index is 708. The summed E-state index contributed by atoms with van der Waals surface area (Å²) < 4.78 is 30.1. The van der Waals surface area contributed by atoms with E-state index < -0.39 is 11.9 Å². The van der Waals surface area contributed by atoms with E-state index in [9.17, 15) is 24.0 Å². The summed E-state index contributed by atoms with van der Waals surface area (Å²) in [5.74, 6) is -1.49. The Morgan fingerprint density at radius 2 is 0.957 bits per heavy atom. The maximum absolute atomic E-state index is 10.9. The summed E-state index contributed by atoms with van der Waals surface area (Å²) in [6, 6.07) is 0. The number of rotatable bonds is 24. The van der Waals surface area contributed by atoms with E-state index in [1.54, 1.807) is 42.3 Å². The number of hydrogen-bond donors (Lipinski definition) is 1. The average molecular weight is 671 g/mol. The molecule has 0 aromatic carbocycles. The highest BCUT2D eigenvalue weighted by Gasteiger charge is 2.30. The number of carbonyl (C=O) groups excluding carboxylic acids is 4. The number of ketones is 2. The minimum Gasteiger partial charge on any atom is -0.481 e. The van der Waals surface area contributed by atoms with Crippen LogP contribution >= 0.6 is 0 Å². The summed E-state index contributed by atoms with van der Waals surface area (Å²) in [4.78, 5) is 52.8. The van der Waals surface area contributed by atoms with E-state index in [4.69, 9.17) is 33.5 Å². The molecule has 0 rings (SSSR count). The van der Waals surface area contributed by atoms with Crippen molar-refractivity contribution in [2.24, 2.45) is 5.41 Å². The summed E-state index contributed by atoms with van der Waals surface area (Å²) in [5.41, 5.74) is -0.188. The van der Waals surface area contributed by atoms with Gasteiger partial charge in [0.05, 0.1) is 57.9 Å². The van der Waals surface area contributed by atoms with Crippen LogP contribution in [0.25, 0.3) is 0 Å². The van der Waals surface area contributed by atoms with Crippen LogP contribution in [-0.2, 0) is 52.4 Å². The van der Waals surface area contributed by atoms with Gasteiger partial charge in [0, 0.05) is 47.4 Å². The first-order valence-corrected chi connectivity index (χ1v) is 14.0. The van der Waals surface area contributed by atoms with Gasteiger partial charge in [0.2, 0.25) is 0 Å². The number of hydrogen-bond acceptors (Lipinski definition) is 11. The lowest BCUT2D eigenvalue weighted by Gasteiger charge is -2.30. The SMILES string of the molecule is C.C.C.C.C=CC(=O)OCCCCCC(C)=O.CC(=O)CCCCCOC(=O)CCC(=O)O.COCC(COC)(COC)COC. The van der Waals surface area contributed by atoms with Crippen molar-refractivity contribution in [3.8, 4) is 0 Å². The monoisotopic (exact) mass is 670 g/mol. The van der Waals surface area contributed by atoms with E-state index in [-0.39, 0.29) is 65.5 Å². The first kappa shape index (κ1) is 58.8. The molecule has 0 aromatic rings. The van der Waals surface area contributed by atoms with E-state index in [1.807, 2.05) is 0 Å². The average Bonchev–Trinajstić information content (AvgIpc) is 2.92. The normalized spacial score (nSPS) is 9.43. The first-order chi connectivity index (χ1) is 19.9. The number of esters is 2. The van der Waals surface area contributed by atoms with Crippen LogP contribution in [-0.4, -0.2) is 103 Å². The molecule has 0 atom stereocenters. The molecule has 0 aliphatic carbocycles. The van der Waals surface area contributed by atoms with Gasteiger partial charge in [0.1, 0.15) is 11.6 Å². The predicted octanol–water partition coefficient (Wildman–Crippen LogP) is 6.51. The number of ether oxygens (including phenoxy) is 6. The van der Waals surface area contributed by atoms with Crippen molar-refractivity contribution in [3.05, 3.63) is 12.7 Å². The number of carboxylic acid groups (broad SMARTS) is 1. The molecular formula is C34H70O12. The number of unbranched alkanes of at least 4 members (excludes halogenated alkanes) is 4. The van der Waals surface area contributed by atoms with Crippen molar-refractivity contribution >= 4 is 29.5 Å². The largest absolute Gasteiger partial charge is 0.481 e. The Balaban J connectivity index is -0.0000000957. The molecule has 0 spiro atoms. The van der Waals surface area contributed by atoms with Crippen LogP contribution in [0, 0.1) is 5.41 Å². The van der Waals surface area contributed by atoms with Crippen molar-refractivity contribution < 1.29 is 57.5 Å². The number of carbonyl (C=O) groups is 5. The van der Waals surface area contributed by atoms with Gasteiger partial charge in [0.15, 0.2) is 0 Å². The summed E-state index contributed by atoms with van der Waals surface area (Å²) in [7, 11) is 6.65. The van der Waals surface area contributed by atoms with E-state index in [0.29, 0.717) is 58.9 Å². The van der Waals surface area contributed by atoms with E-state index in [1.165, 1.54) is 0 Å². The van der Waals surface area contributed by atoms with Gasteiger partial charge in [-0.25, -0.2) is 4.79 Å². The predicted molar refractivity (Wildman–Crippen MR) is 184 cm³/mol. The van der Waals surface area contributed by atoms with Crippen LogP contribution < -0.4 is 0 Å². The third-order valence-electron chi connectivity index (χ3n) is 5.37. The van der Waals surface area contributed by atoms with Crippen LogP contribution in [0.1, 0.15) is 108 Å². The van der Waals surface area contributed by atoms with E-state index >= 15 is 0 Å². The highest BCUT2D eigenvalue weighted by atomic mass is 16.5. The molecule has 0 bridgehead atoms.